The molecular formula is C16H19BrN2O. The Bertz CT molecular complexity index is 569. The lowest BCUT2D eigenvalue weighted by Crippen LogP contribution is -2.14. The normalized spacial score (nSPS) is 10.4. The van der Waals surface area contributed by atoms with Gasteiger partial charge in [-0.15, -0.1) is 0 Å². The van der Waals surface area contributed by atoms with Crippen molar-refractivity contribution >= 4 is 27.3 Å². The minimum Gasteiger partial charge on any atom is -0.497 e. The molecule has 0 aliphatic heterocycles. The van der Waals surface area contributed by atoms with Crippen LogP contribution in [0.5, 0.6) is 5.75 Å². The Kier molecular flexibility index (Phi) is 5.04. The number of ether oxygens (including phenoxy) is 1. The van der Waals surface area contributed by atoms with Crippen LogP contribution in [0.15, 0.2) is 46.9 Å². The lowest BCUT2D eigenvalue weighted by atomic mass is 10.1. The van der Waals surface area contributed by atoms with Crippen LogP contribution in [0.25, 0.3) is 0 Å². The fourth-order valence-electron chi connectivity index (χ4n) is 2.16. The molecule has 106 valence electrons. The highest BCUT2D eigenvalue weighted by molar-refractivity contribution is 9.10. The van der Waals surface area contributed by atoms with E-state index in [4.69, 9.17) is 4.74 Å². The molecule has 4 heteroatoms. The van der Waals surface area contributed by atoms with Crippen molar-refractivity contribution in [2.24, 2.45) is 0 Å². The third-order valence-electron chi connectivity index (χ3n) is 3.23. The van der Waals surface area contributed by atoms with E-state index in [2.05, 4.69) is 63.5 Å². The summed E-state index contributed by atoms with van der Waals surface area (Å²) in [5.41, 5.74) is 3.57. The largest absolute Gasteiger partial charge is 0.497 e. The average Bonchev–Trinajstić information content (AvgIpc) is 2.47. The van der Waals surface area contributed by atoms with Crippen LogP contribution in [-0.2, 0) is 6.54 Å². The van der Waals surface area contributed by atoms with Gasteiger partial charge in [0.05, 0.1) is 7.11 Å². The van der Waals surface area contributed by atoms with Crippen molar-refractivity contribution in [3.05, 3.63) is 52.5 Å². The summed E-state index contributed by atoms with van der Waals surface area (Å²) in [6.45, 7) is 0.829. The molecule has 0 radical (unpaired) electrons. The molecule has 0 spiro atoms. The lowest BCUT2D eigenvalue weighted by Gasteiger charge is -2.23. The molecule has 0 heterocycles. The average molecular weight is 335 g/mol. The second-order valence-electron chi connectivity index (χ2n) is 4.56. The van der Waals surface area contributed by atoms with E-state index in [1.54, 1.807) is 7.11 Å². The molecular weight excluding hydrogens is 316 g/mol. The van der Waals surface area contributed by atoms with Gasteiger partial charge in [-0.05, 0) is 55.1 Å². The number of rotatable bonds is 5. The summed E-state index contributed by atoms with van der Waals surface area (Å²) >= 11 is 3.53. The lowest BCUT2D eigenvalue weighted by molar-refractivity contribution is 0.415. The molecule has 0 atom stereocenters. The second-order valence-corrected chi connectivity index (χ2v) is 5.48. The summed E-state index contributed by atoms with van der Waals surface area (Å²) in [7, 11) is 5.71. The van der Waals surface area contributed by atoms with E-state index in [1.807, 2.05) is 19.2 Å². The number of hydrogen-bond donors (Lipinski definition) is 1. The van der Waals surface area contributed by atoms with Crippen LogP contribution in [0, 0.1) is 0 Å². The van der Waals surface area contributed by atoms with Crippen molar-refractivity contribution in [2.75, 3.05) is 26.1 Å². The predicted molar refractivity (Wildman–Crippen MR) is 88.0 cm³/mol. The summed E-state index contributed by atoms with van der Waals surface area (Å²) < 4.78 is 6.29. The monoisotopic (exact) mass is 334 g/mol. The third-order valence-corrected chi connectivity index (χ3v) is 3.72. The van der Waals surface area contributed by atoms with E-state index in [0.29, 0.717) is 0 Å². The Morgan fingerprint density at radius 3 is 2.45 bits per heavy atom. The molecule has 1 N–H and O–H groups in total. The van der Waals surface area contributed by atoms with Crippen molar-refractivity contribution in [2.45, 2.75) is 6.54 Å². The number of hydrogen-bond acceptors (Lipinski definition) is 3. The van der Waals surface area contributed by atoms with Crippen LogP contribution in [0.2, 0.25) is 0 Å². The quantitative estimate of drug-likeness (QED) is 0.896. The molecule has 0 bridgehead atoms. The van der Waals surface area contributed by atoms with E-state index in [1.165, 1.54) is 11.3 Å². The maximum atomic E-state index is 5.20. The zero-order valence-electron chi connectivity index (χ0n) is 12.0. The van der Waals surface area contributed by atoms with Crippen molar-refractivity contribution in [1.29, 1.82) is 0 Å². The summed E-state index contributed by atoms with van der Waals surface area (Å²) in [5, 5.41) is 3.21. The zero-order valence-corrected chi connectivity index (χ0v) is 13.6. The number of halogens is 1. The van der Waals surface area contributed by atoms with Gasteiger partial charge in [-0.25, -0.2) is 0 Å². The Balaban J connectivity index is 2.33. The Morgan fingerprint density at radius 2 is 1.85 bits per heavy atom. The summed E-state index contributed by atoms with van der Waals surface area (Å²) in [5.74, 6) is 0.869. The van der Waals surface area contributed by atoms with Gasteiger partial charge in [0.15, 0.2) is 0 Å². The van der Waals surface area contributed by atoms with E-state index >= 15 is 0 Å². The van der Waals surface area contributed by atoms with Gasteiger partial charge in [-0.2, -0.15) is 0 Å². The van der Waals surface area contributed by atoms with E-state index in [0.717, 1.165) is 22.5 Å². The van der Waals surface area contributed by atoms with Gasteiger partial charge in [0.1, 0.15) is 5.75 Å². The van der Waals surface area contributed by atoms with Gasteiger partial charge in [0, 0.05) is 29.4 Å². The molecule has 0 saturated heterocycles. The van der Waals surface area contributed by atoms with Crippen LogP contribution in [-0.4, -0.2) is 21.2 Å². The minimum absolute atomic E-state index is 0.829. The summed E-state index contributed by atoms with van der Waals surface area (Å²) in [6, 6.07) is 14.4. The Labute approximate surface area is 128 Å². The first-order valence-corrected chi connectivity index (χ1v) is 7.26. The molecule has 0 aliphatic carbocycles. The van der Waals surface area contributed by atoms with Crippen LogP contribution < -0.4 is 15.0 Å². The van der Waals surface area contributed by atoms with Crippen molar-refractivity contribution in [3.8, 4) is 5.75 Å². The number of nitrogens with one attached hydrogen (secondary N) is 1. The van der Waals surface area contributed by atoms with E-state index in [9.17, 15) is 0 Å². The number of nitrogens with zero attached hydrogens (tertiary/aromatic N) is 1. The van der Waals surface area contributed by atoms with Crippen molar-refractivity contribution in [3.63, 3.8) is 0 Å². The fourth-order valence-corrected chi connectivity index (χ4v) is 2.57. The van der Waals surface area contributed by atoms with Gasteiger partial charge >= 0.3 is 0 Å². The fraction of sp³-hybridized carbons (Fsp3) is 0.250. The maximum absolute atomic E-state index is 5.20. The highest BCUT2D eigenvalue weighted by Gasteiger charge is 2.09. The Morgan fingerprint density at radius 1 is 1.15 bits per heavy atom. The second kappa shape index (κ2) is 6.77. The standard InChI is InChI=1S/C16H19BrN2O/c1-18-11-12-10-13(17)4-9-16(12)19(2)14-5-7-15(20-3)8-6-14/h4-10,18H,11H2,1-3H3. The van der Waals surface area contributed by atoms with Crippen molar-refractivity contribution in [1.82, 2.24) is 5.32 Å². The Hall–Kier alpha value is -1.52. The van der Waals surface area contributed by atoms with Gasteiger partial charge in [0.25, 0.3) is 0 Å². The smallest absolute Gasteiger partial charge is 0.119 e. The number of benzene rings is 2. The molecule has 3 nitrogen and oxygen atoms in total. The van der Waals surface area contributed by atoms with Gasteiger partial charge in [-0.1, -0.05) is 15.9 Å². The molecule has 20 heavy (non-hydrogen) atoms. The highest BCUT2D eigenvalue weighted by Crippen LogP contribution is 2.30. The molecule has 0 saturated carbocycles. The zero-order chi connectivity index (χ0) is 14.5. The molecule has 0 amide bonds. The predicted octanol–water partition coefficient (Wildman–Crippen LogP) is 3.95. The molecule has 2 aromatic rings. The van der Waals surface area contributed by atoms with Crippen molar-refractivity contribution < 1.29 is 4.74 Å². The van der Waals surface area contributed by atoms with Crippen LogP contribution in [0.4, 0.5) is 11.4 Å². The molecule has 2 aromatic carbocycles. The summed E-state index contributed by atoms with van der Waals surface area (Å²) in [6.07, 6.45) is 0. The van der Waals surface area contributed by atoms with Gasteiger partial charge in [-0.3, -0.25) is 0 Å². The van der Waals surface area contributed by atoms with E-state index < -0.39 is 0 Å². The molecule has 0 unspecified atom stereocenters. The van der Waals surface area contributed by atoms with Crippen LogP contribution in [0.1, 0.15) is 5.56 Å². The highest BCUT2D eigenvalue weighted by atomic mass is 79.9. The van der Waals surface area contributed by atoms with E-state index in [-0.39, 0.29) is 0 Å². The molecule has 0 fully saturated rings. The molecule has 0 aliphatic rings. The first kappa shape index (κ1) is 14.9. The first-order valence-electron chi connectivity index (χ1n) is 6.46. The minimum atomic E-state index is 0.829. The van der Waals surface area contributed by atoms with Gasteiger partial charge in [0.2, 0.25) is 0 Å². The van der Waals surface area contributed by atoms with Crippen LogP contribution in [0.3, 0.4) is 0 Å². The molecule has 2 rings (SSSR count). The topological polar surface area (TPSA) is 24.5 Å². The summed E-state index contributed by atoms with van der Waals surface area (Å²) in [4.78, 5) is 2.18. The first-order chi connectivity index (χ1) is 9.65. The third kappa shape index (κ3) is 3.32. The van der Waals surface area contributed by atoms with Crippen LogP contribution >= 0.6 is 15.9 Å². The maximum Gasteiger partial charge on any atom is 0.119 e. The number of anilines is 2. The van der Waals surface area contributed by atoms with Gasteiger partial charge < -0.3 is 15.0 Å². The molecule has 0 aromatic heterocycles. The number of methoxy groups -OCH3 is 1. The SMILES string of the molecule is CNCc1cc(Br)ccc1N(C)c1ccc(OC)cc1.